The molecule has 1 N–H and O–H groups in total. The molecule has 0 aromatic heterocycles. The highest BCUT2D eigenvalue weighted by atomic mass is 35.5. The van der Waals surface area contributed by atoms with Gasteiger partial charge in [-0.05, 0) is 42.4 Å². The molecule has 1 aromatic carbocycles. The molecule has 0 aliphatic carbocycles. The van der Waals surface area contributed by atoms with E-state index >= 15 is 0 Å². The Morgan fingerprint density at radius 2 is 2.00 bits per heavy atom. The van der Waals surface area contributed by atoms with Crippen LogP contribution < -0.4 is 0 Å². The molecule has 0 heterocycles. The lowest BCUT2D eigenvalue weighted by molar-refractivity contribution is 0.305. The van der Waals surface area contributed by atoms with E-state index in [1.165, 1.54) is 6.07 Å². The van der Waals surface area contributed by atoms with Crippen molar-refractivity contribution in [2.24, 2.45) is 0 Å². The smallest absolute Gasteiger partial charge is 0.188 e. The van der Waals surface area contributed by atoms with Crippen molar-refractivity contribution >= 4 is 29.1 Å². The molecule has 0 aliphatic rings. The normalized spacial score (nSPS) is 13.0. The molecule has 22 heavy (non-hydrogen) atoms. The van der Waals surface area contributed by atoms with Gasteiger partial charge in [0.2, 0.25) is 0 Å². The van der Waals surface area contributed by atoms with E-state index < -0.39 is 0 Å². The van der Waals surface area contributed by atoms with Crippen LogP contribution in [0.5, 0.6) is 0 Å². The Morgan fingerprint density at radius 1 is 1.36 bits per heavy atom. The quantitative estimate of drug-likeness (QED) is 0.388. The van der Waals surface area contributed by atoms with Crippen LogP contribution in [0.15, 0.2) is 12.1 Å². The number of hydrogen-bond donors (Lipinski definition) is 1. The van der Waals surface area contributed by atoms with Gasteiger partial charge in [0.25, 0.3) is 0 Å². The summed E-state index contributed by atoms with van der Waals surface area (Å²) in [6, 6.07) is 3.11. The summed E-state index contributed by atoms with van der Waals surface area (Å²) < 4.78 is 19.6. The van der Waals surface area contributed by atoms with Crippen LogP contribution >= 0.6 is 23.2 Å². The lowest BCUT2D eigenvalue weighted by Crippen LogP contribution is -2.19. The van der Waals surface area contributed by atoms with Crippen molar-refractivity contribution in [2.75, 3.05) is 12.5 Å². The van der Waals surface area contributed by atoms with Crippen molar-refractivity contribution < 1.29 is 9.13 Å². The molecule has 5 heteroatoms. The van der Waals surface area contributed by atoms with Crippen molar-refractivity contribution in [3.05, 3.63) is 34.1 Å². The average molecular weight is 348 g/mol. The van der Waals surface area contributed by atoms with Gasteiger partial charge in [-0.2, -0.15) is 0 Å². The van der Waals surface area contributed by atoms with Gasteiger partial charge in [0, 0.05) is 10.9 Å². The highest BCUT2D eigenvalue weighted by Crippen LogP contribution is 2.35. The van der Waals surface area contributed by atoms with E-state index in [1.807, 2.05) is 27.7 Å². The predicted molar refractivity (Wildman–Crippen MR) is 92.2 cm³/mol. The van der Waals surface area contributed by atoms with Crippen LogP contribution in [0.1, 0.15) is 57.6 Å². The van der Waals surface area contributed by atoms with Crippen LogP contribution in [0, 0.1) is 11.2 Å². The van der Waals surface area contributed by atoms with E-state index in [9.17, 15) is 4.39 Å². The van der Waals surface area contributed by atoms with Gasteiger partial charge < -0.3 is 4.74 Å². The Hall–Kier alpha value is -0.800. The molecular weight excluding hydrogens is 324 g/mol. The first-order chi connectivity index (χ1) is 10.2. The molecule has 1 rings (SSSR count). The lowest BCUT2D eigenvalue weighted by atomic mass is 9.83. The van der Waals surface area contributed by atoms with Crippen molar-refractivity contribution in [3.63, 3.8) is 0 Å². The Bertz CT molecular complexity index is 526. The van der Waals surface area contributed by atoms with Gasteiger partial charge in [-0.25, -0.2) is 4.39 Å². The van der Waals surface area contributed by atoms with Crippen LogP contribution in [0.25, 0.3) is 0 Å². The second-order valence-electron chi connectivity index (χ2n) is 6.28. The van der Waals surface area contributed by atoms with Crippen LogP contribution in [0.2, 0.25) is 5.02 Å². The van der Waals surface area contributed by atoms with Gasteiger partial charge >= 0.3 is 0 Å². The van der Waals surface area contributed by atoms with Gasteiger partial charge in [0.05, 0.1) is 12.5 Å². The largest absolute Gasteiger partial charge is 0.481 e. The Labute approximate surface area is 142 Å². The monoisotopic (exact) mass is 347 g/mol. The summed E-state index contributed by atoms with van der Waals surface area (Å²) in [4.78, 5) is 0. The maximum Gasteiger partial charge on any atom is 0.188 e. The minimum atomic E-state index is -0.339. The fraction of sp³-hybridized carbons (Fsp3) is 0.588. The number of benzene rings is 1. The summed E-state index contributed by atoms with van der Waals surface area (Å²) in [5, 5.41) is 8.45. The highest BCUT2D eigenvalue weighted by molar-refractivity contribution is 6.31. The Morgan fingerprint density at radius 3 is 2.50 bits per heavy atom. The molecule has 0 radical (unpaired) electrons. The van der Waals surface area contributed by atoms with Crippen molar-refractivity contribution in [2.45, 2.75) is 51.9 Å². The molecule has 0 aliphatic heterocycles. The summed E-state index contributed by atoms with van der Waals surface area (Å²) in [5.74, 6) is 0.0371. The molecular formula is C17H24Cl2FNO. The summed E-state index contributed by atoms with van der Waals surface area (Å²) >= 11 is 12.0. The Kier molecular flexibility index (Phi) is 7.14. The third-order valence-corrected chi connectivity index (χ3v) is 4.11. The molecule has 1 atom stereocenters. The SMILES string of the molecule is CCOC(=N)C(CCCCl)c1cc(C(C)(C)C)c(F)cc1Cl. The summed E-state index contributed by atoms with van der Waals surface area (Å²) in [6.45, 7) is 8.10. The first-order valence-electron chi connectivity index (χ1n) is 7.49. The van der Waals surface area contributed by atoms with Gasteiger partial charge in [-0.3, -0.25) is 5.41 Å². The van der Waals surface area contributed by atoms with Crippen LogP contribution in [-0.4, -0.2) is 18.4 Å². The standard InChI is InChI=1S/C17H24Cl2FNO/c1-5-22-16(21)11(7-6-8-18)12-9-13(17(2,3)4)15(20)10-14(12)19/h9-11,21H,5-8H2,1-4H3. The molecule has 124 valence electrons. The molecule has 1 aromatic rings. The number of hydrogen-bond acceptors (Lipinski definition) is 2. The summed E-state index contributed by atoms with van der Waals surface area (Å²) in [7, 11) is 0. The third kappa shape index (κ3) is 4.85. The molecule has 1 unspecified atom stereocenters. The van der Waals surface area contributed by atoms with Gasteiger partial charge in [-0.15, -0.1) is 11.6 Å². The first-order valence-corrected chi connectivity index (χ1v) is 8.40. The second-order valence-corrected chi connectivity index (χ2v) is 7.07. The molecule has 0 bridgehead atoms. The zero-order valence-electron chi connectivity index (χ0n) is 13.6. The van der Waals surface area contributed by atoms with E-state index in [1.54, 1.807) is 6.07 Å². The number of ether oxygens (including phenoxy) is 1. The van der Waals surface area contributed by atoms with Crippen LogP contribution in [0.4, 0.5) is 4.39 Å². The zero-order chi connectivity index (χ0) is 16.9. The summed E-state index contributed by atoms with van der Waals surface area (Å²) in [6.07, 6.45) is 1.39. The van der Waals surface area contributed by atoms with Crippen LogP contribution in [-0.2, 0) is 10.2 Å². The zero-order valence-corrected chi connectivity index (χ0v) is 15.1. The van der Waals surface area contributed by atoms with Crippen molar-refractivity contribution in [1.82, 2.24) is 0 Å². The van der Waals surface area contributed by atoms with Crippen molar-refractivity contribution in [1.29, 1.82) is 5.41 Å². The number of rotatable bonds is 6. The number of nitrogens with one attached hydrogen (secondary N) is 1. The average Bonchev–Trinajstić information content (AvgIpc) is 2.40. The third-order valence-electron chi connectivity index (χ3n) is 3.51. The van der Waals surface area contributed by atoms with E-state index in [0.717, 1.165) is 12.0 Å². The molecule has 0 saturated carbocycles. The predicted octanol–water partition coefficient (Wildman–Crippen LogP) is 5.89. The molecule has 0 saturated heterocycles. The first kappa shape index (κ1) is 19.2. The molecule has 0 amide bonds. The minimum Gasteiger partial charge on any atom is -0.481 e. The van der Waals surface area contributed by atoms with E-state index in [4.69, 9.17) is 33.3 Å². The van der Waals surface area contributed by atoms with Gasteiger partial charge in [0.1, 0.15) is 5.82 Å². The van der Waals surface area contributed by atoms with Gasteiger partial charge in [-0.1, -0.05) is 38.4 Å². The highest BCUT2D eigenvalue weighted by Gasteiger charge is 2.26. The van der Waals surface area contributed by atoms with E-state index in [0.29, 0.717) is 29.5 Å². The molecule has 0 fully saturated rings. The second kappa shape index (κ2) is 8.16. The number of alkyl halides is 1. The molecule has 0 spiro atoms. The lowest BCUT2D eigenvalue weighted by Gasteiger charge is -2.25. The topological polar surface area (TPSA) is 33.1 Å². The van der Waals surface area contributed by atoms with E-state index in [-0.39, 0.29) is 23.0 Å². The van der Waals surface area contributed by atoms with Gasteiger partial charge in [0.15, 0.2) is 5.90 Å². The summed E-state index contributed by atoms with van der Waals surface area (Å²) in [5.41, 5.74) is 0.984. The fourth-order valence-corrected chi connectivity index (χ4v) is 2.81. The fourth-order valence-electron chi connectivity index (χ4n) is 2.37. The maximum absolute atomic E-state index is 14.2. The minimum absolute atomic E-state index is 0.154. The van der Waals surface area contributed by atoms with Crippen LogP contribution in [0.3, 0.4) is 0 Å². The van der Waals surface area contributed by atoms with E-state index in [2.05, 4.69) is 0 Å². The maximum atomic E-state index is 14.2. The Balaban J connectivity index is 3.31. The van der Waals surface area contributed by atoms with Crippen molar-refractivity contribution in [3.8, 4) is 0 Å². The number of halogens is 3. The molecule has 2 nitrogen and oxygen atoms in total.